The maximum Gasteiger partial charge on any atom is 0.245 e. The van der Waals surface area contributed by atoms with Gasteiger partial charge in [0.2, 0.25) is 5.95 Å². The standard InChI is InChI=1S/C19H16FI2N5O/c1-23-18-15(20)10-24-19(26-18)27-25-9-13-7-14(21)8-16(22)17(13)28-11-12-5-3-2-4-6-12/h2-10H,11H2,1H3,(H2,23,24,26,27)/b25-9-. The largest absolute Gasteiger partial charge is 0.487 e. The van der Waals surface area contributed by atoms with E-state index in [2.05, 4.69) is 71.0 Å². The molecule has 0 bridgehead atoms. The lowest BCUT2D eigenvalue weighted by molar-refractivity contribution is 0.303. The van der Waals surface area contributed by atoms with Gasteiger partial charge in [-0.2, -0.15) is 10.1 Å². The van der Waals surface area contributed by atoms with Gasteiger partial charge in [0.1, 0.15) is 12.4 Å². The predicted molar refractivity (Wildman–Crippen MR) is 125 cm³/mol. The van der Waals surface area contributed by atoms with Crippen LogP contribution in [0.15, 0.2) is 53.8 Å². The first-order valence-electron chi connectivity index (χ1n) is 8.22. The van der Waals surface area contributed by atoms with Gasteiger partial charge in [-0.15, -0.1) is 0 Å². The van der Waals surface area contributed by atoms with E-state index in [-0.39, 0.29) is 11.8 Å². The lowest BCUT2D eigenvalue weighted by Crippen LogP contribution is -2.04. The van der Waals surface area contributed by atoms with E-state index < -0.39 is 5.82 Å². The number of nitrogens with zero attached hydrogens (tertiary/aromatic N) is 3. The molecule has 0 saturated carbocycles. The molecule has 0 unspecified atom stereocenters. The fraction of sp³-hybridized carbons (Fsp3) is 0.105. The molecule has 28 heavy (non-hydrogen) atoms. The van der Waals surface area contributed by atoms with Crippen molar-refractivity contribution < 1.29 is 9.13 Å². The van der Waals surface area contributed by atoms with Crippen LogP contribution in [0.25, 0.3) is 0 Å². The molecule has 2 N–H and O–H groups in total. The molecule has 0 aliphatic heterocycles. The van der Waals surface area contributed by atoms with Gasteiger partial charge in [0.25, 0.3) is 0 Å². The Balaban J connectivity index is 1.77. The van der Waals surface area contributed by atoms with Crippen LogP contribution in [-0.4, -0.2) is 23.2 Å². The van der Waals surface area contributed by atoms with Crippen molar-refractivity contribution in [2.75, 3.05) is 17.8 Å². The Kier molecular flexibility index (Phi) is 7.36. The first-order valence-corrected chi connectivity index (χ1v) is 10.4. The summed E-state index contributed by atoms with van der Waals surface area (Å²) in [5.74, 6) is 0.504. The summed E-state index contributed by atoms with van der Waals surface area (Å²) in [5.41, 5.74) is 4.61. The average molecular weight is 603 g/mol. The van der Waals surface area contributed by atoms with E-state index in [0.29, 0.717) is 6.61 Å². The smallest absolute Gasteiger partial charge is 0.245 e. The van der Waals surface area contributed by atoms with Crippen LogP contribution >= 0.6 is 45.2 Å². The number of hydrazone groups is 1. The molecule has 0 aliphatic carbocycles. The van der Waals surface area contributed by atoms with E-state index >= 15 is 0 Å². The molecule has 0 amide bonds. The van der Waals surface area contributed by atoms with Crippen molar-refractivity contribution in [2.45, 2.75) is 6.61 Å². The van der Waals surface area contributed by atoms with Crippen molar-refractivity contribution in [1.29, 1.82) is 0 Å². The lowest BCUT2D eigenvalue weighted by Gasteiger charge is -2.12. The topological polar surface area (TPSA) is 71.4 Å². The first-order chi connectivity index (χ1) is 13.6. The molecule has 0 saturated heterocycles. The zero-order chi connectivity index (χ0) is 19.9. The Morgan fingerprint density at radius 1 is 1.21 bits per heavy atom. The molecule has 0 fully saturated rings. The van der Waals surface area contributed by atoms with Crippen molar-refractivity contribution >= 4 is 63.2 Å². The average Bonchev–Trinajstić information content (AvgIpc) is 2.69. The summed E-state index contributed by atoms with van der Waals surface area (Å²) >= 11 is 4.49. The van der Waals surface area contributed by atoms with E-state index in [1.165, 1.54) is 0 Å². The predicted octanol–water partition coefficient (Wildman–Crippen LogP) is 4.89. The van der Waals surface area contributed by atoms with Gasteiger partial charge in [0.15, 0.2) is 11.6 Å². The summed E-state index contributed by atoms with van der Waals surface area (Å²) < 4.78 is 21.5. The summed E-state index contributed by atoms with van der Waals surface area (Å²) in [7, 11) is 1.59. The molecule has 3 rings (SSSR count). The summed E-state index contributed by atoms with van der Waals surface area (Å²) in [5, 5.41) is 6.84. The van der Waals surface area contributed by atoms with Crippen LogP contribution in [0.5, 0.6) is 5.75 Å². The monoisotopic (exact) mass is 603 g/mol. The molecule has 9 heteroatoms. The van der Waals surface area contributed by atoms with E-state index in [4.69, 9.17) is 4.74 Å². The van der Waals surface area contributed by atoms with Crippen LogP contribution in [0.4, 0.5) is 16.2 Å². The number of hydrogen-bond donors (Lipinski definition) is 2. The van der Waals surface area contributed by atoms with Gasteiger partial charge in [-0.1, -0.05) is 30.3 Å². The number of anilines is 2. The van der Waals surface area contributed by atoms with Crippen LogP contribution in [0, 0.1) is 13.0 Å². The van der Waals surface area contributed by atoms with Crippen LogP contribution in [-0.2, 0) is 6.61 Å². The third-order valence-electron chi connectivity index (χ3n) is 3.61. The highest BCUT2D eigenvalue weighted by atomic mass is 127. The second-order valence-corrected chi connectivity index (χ2v) is 8.00. The van der Waals surface area contributed by atoms with E-state index in [1.807, 2.05) is 42.5 Å². The van der Waals surface area contributed by atoms with Gasteiger partial charge >= 0.3 is 0 Å². The minimum atomic E-state index is -0.527. The third kappa shape index (κ3) is 5.50. The summed E-state index contributed by atoms with van der Waals surface area (Å²) in [4.78, 5) is 7.87. The zero-order valence-electron chi connectivity index (χ0n) is 14.8. The van der Waals surface area contributed by atoms with Crippen LogP contribution in [0.3, 0.4) is 0 Å². The van der Waals surface area contributed by atoms with Gasteiger partial charge in [-0.3, -0.25) is 0 Å². The molecular weight excluding hydrogens is 587 g/mol. The Labute approximate surface area is 189 Å². The Bertz CT molecular complexity index is 986. The summed E-state index contributed by atoms with van der Waals surface area (Å²) in [6, 6.07) is 14.0. The van der Waals surface area contributed by atoms with Crippen molar-refractivity contribution in [2.24, 2.45) is 5.10 Å². The quantitative estimate of drug-likeness (QED) is 0.229. The number of benzene rings is 2. The van der Waals surface area contributed by atoms with Gasteiger partial charge in [0, 0.05) is 16.2 Å². The summed E-state index contributed by atoms with van der Waals surface area (Å²) in [6.07, 6.45) is 2.72. The number of rotatable bonds is 7. The van der Waals surface area contributed by atoms with Crippen molar-refractivity contribution in [3.8, 4) is 5.75 Å². The fourth-order valence-corrected chi connectivity index (χ4v) is 4.36. The highest BCUT2D eigenvalue weighted by molar-refractivity contribution is 14.1. The fourth-order valence-electron chi connectivity index (χ4n) is 2.31. The molecule has 1 aromatic heterocycles. The van der Waals surface area contributed by atoms with Gasteiger partial charge in [-0.05, 0) is 62.9 Å². The molecule has 0 aliphatic rings. The number of aromatic nitrogens is 2. The molecule has 1 heterocycles. The Hall–Kier alpha value is -2.02. The highest BCUT2D eigenvalue weighted by Crippen LogP contribution is 2.28. The zero-order valence-corrected chi connectivity index (χ0v) is 19.1. The molecule has 0 spiro atoms. The van der Waals surface area contributed by atoms with Crippen LogP contribution < -0.4 is 15.5 Å². The lowest BCUT2D eigenvalue weighted by atomic mass is 10.2. The van der Waals surface area contributed by atoms with Crippen molar-refractivity contribution in [3.05, 3.63) is 72.7 Å². The minimum absolute atomic E-state index is 0.100. The molecule has 144 valence electrons. The van der Waals surface area contributed by atoms with Gasteiger partial charge in [-0.25, -0.2) is 14.8 Å². The number of halogens is 3. The number of ether oxygens (including phenoxy) is 1. The maximum atomic E-state index is 13.5. The Morgan fingerprint density at radius 2 is 2.00 bits per heavy atom. The van der Waals surface area contributed by atoms with Gasteiger partial charge < -0.3 is 10.1 Å². The normalized spacial score (nSPS) is 10.9. The molecule has 6 nitrogen and oxygen atoms in total. The molecule has 0 atom stereocenters. The molecular formula is C19H16FI2N5O. The Morgan fingerprint density at radius 3 is 2.75 bits per heavy atom. The van der Waals surface area contributed by atoms with E-state index in [0.717, 1.165) is 30.2 Å². The first kappa shape index (κ1) is 20.7. The van der Waals surface area contributed by atoms with Crippen LogP contribution in [0.1, 0.15) is 11.1 Å². The van der Waals surface area contributed by atoms with E-state index in [9.17, 15) is 4.39 Å². The second-order valence-electron chi connectivity index (χ2n) is 5.59. The van der Waals surface area contributed by atoms with Crippen molar-refractivity contribution in [1.82, 2.24) is 9.97 Å². The summed E-state index contributed by atoms with van der Waals surface area (Å²) in [6.45, 7) is 0.457. The number of nitrogens with one attached hydrogen (secondary N) is 2. The van der Waals surface area contributed by atoms with Gasteiger partial charge in [0.05, 0.1) is 16.0 Å². The number of hydrogen-bond acceptors (Lipinski definition) is 6. The SMILES string of the molecule is CNc1nc(N/N=C\c2cc(I)cc(I)c2OCc2ccccc2)ncc1F. The maximum absolute atomic E-state index is 13.5. The molecule has 3 aromatic rings. The third-order valence-corrected chi connectivity index (χ3v) is 5.04. The molecule has 2 aromatic carbocycles. The second kappa shape index (κ2) is 9.96. The van der Waals surface area contributed by atoms with E-state index in [1.54, 1.807) is 13.3 Å². The highest BCUT2D eigenvalue weighted by Gasteiger charge is 2.10. The van der Waals surface area contributed by atoms with Crippen LogP contribution in [0.2, 0.25) is 0 Å². The van der Waals surface area contributed by atoms with Crippen molar-refractivity contribution in [3.63, 3.8) is 0 Å². The minimum Gasteiger partial charge on any atom is -0.487 e. The molecule has 0 radical (unpaired) electrons.